The zero-order chi connectivity index (χ0) is 15.1. The molecular weight excluding hydrogens is 361 g/mol. The topological polar surface area (TPSA) is 20.3 Å². The maximum Gasteiger partial charge on any atom is 0.266 e. The summed E-state index contributed by atoms with van der Waals surface area (Å²) in [5.74, 6) is -0.541. The number of thiocarbonyl (C=S) groups is 1. The number of halogens is 2. The monoisotopic (exact) mass is 373 g/mol. The fourth-order valence-corrected chi connectivity index (χ4v) is 3.82. The molecule has 1 aliphatic rings. The smallest absolute Gasteiger partial charge is 0.266 e. The molecule has 0 radical (unpaired) electrons. The molecule has 1 amide bonds. The lowest BCUT2D eigenvalue weighted by Gasteiger charge is -2.30. The summed E-state index contributed by atoms with van der Waals surface area (Å²) in [6.07, 6.45) is 1.55. The Kier molecular flexibility index (Phi) is 4.37. The molecule has 1 saturated heterocycles. The van der Waals surface area contributed by atoms with E-state index in [2.05, 4.69) is 15.9 Å². The maximum absolute atomic E-state index is 13.7. The standard InChI is InChI=1S/C14H13BrFNOS2/c1-14(2,3)17-12(18)11(20-13(17)19)7-8-6-9(15)4-5-10(8)16/h4-7H,1-3H3/b11-7+. The van der Waals surface area contributed by atoms with E-state index >= 15 is 0 Å². The highest BCUT2D eigenvalue weighted by molar-refractivity contribution is 9.10. The van der Waals surface area contributed by atoms with E-state index < -0.39 is 0 Å². The molecule has 0 unspecified atom stereocenters. The summed E-state index contributed by atoms with van der Waals surface area (Å²) in [7, 11) is 0. The number of nitrogens with zero attached hydrogens (tertiary/aromatic N) is 1. The number of benzene rings is 1. The average Bonchev–Trinajstić information content (AvgIpc) is 2.58. The quantitative estimate of drug-likeness (QED) is 0.530. The average molecular weight is 374 g/mol. The first kappa shape index (κ1) is 15.7. The Hall–Kier alpha value is -0.720. The molecule has 0 atom stereocenters. The van der Waals surface area contributed by atoms with Crippen LogP contribution in [0.4, 0.5) is 4.39 Å². The number of thioether (sulfide) groups is 1. The van der Waals surface area contributed by atoms with Gasteiger partial charge in [0.1, 0.15) is 10.1 Å². The molecule has 2 nitrogen and oxygen atoms in total. The molecule has 106 valence electrons. The summed E-state index contributed by atoms with van der Waals surface area (Å²) in [5, 5.41) is 0. The first-order valence-electron chi connectivity index (χ1n) is 5.93. The molecule has 20 heavy (non-hydrogen) atoms. The van der Waals surface area contributed by atoms with Crippen LogP contribution in [0.2, 0.25) is 0 Å². The van der Waals surface area contributed by atoms with Crippen LogP contribution in [-0.2, 0) is 4.79 Å². The summed E-state index contributed by atoms with van der Waals surface area (Å²) >= 11 is 9.74. The van der Waals surface area contributed by atoms with Crippen LogP contribution in [0.15, 0.2) is 27.6 Å². The van der Waals surface area contributed by atoms with Crippen LogP contribution < -0.4 is 0 Å². The zero-order valence-corrected chi connectivity index (χ0v) is 14.5. The maximum atomic E-state index is 13.7. The first-order chi connectivity index (χ1) is 9.20. The number of amides is 1. The van der Waals surface area contributed by atoms with Crippen molar-refractivity contribution in [3.8, 4) is 0 Å². The Morgan fingerprint density at radius 3 is 2.60 bits per heavy atom. The molecule has 1 aromatic carbocycles. The summed E-state index contributed by atoms with van der Waals surface area (Å²) < 4.78 is 15.0. The van der Waals surface area contributed by atoms with Gasteiger partial charge in [0.2, 0.25) is 0 Å². The van der Waals surface area contributed by atoms with Crippen molar-refractivity contribution in [1.29, 1.82) is 0 Å². The number of rotatable bonds is 1. The van der Waals surface area contributed by atoms with Crippen LogP contribution >= 0.6 is 39.9 Å². The first-order valence-corrected chi connectivity index (χ1v) is 7.95. The molecule has 1 aliphatic heterocycles. The van der Waals surface area contributed by atoms with Crippen molar-refractivity contribution in [3.05, 3.63) is 39.0 Å². The third-order valence-corrected chi connectivity index (χ3v) is 4.50. The van der Waals surface area contributed by atoms with Gasteiger partial charge in [-0.05, 0) is 45.0 Å². The van der Waals surface area contributed by atoms with Gasteiger partial charge in [-0.3, -0.25) is 9.69 Å². The fraction of sp³-hybridized carbons (Fsp3) is 0.286. The van der Waals surface area contributed by atoms with Gasteiger partial charge < -0.3 is 0 Å². The van der Waals surface area contributed by atoms with E-state index in [1.54, 1.807) is 23.1 Å². The normalized spacial score (nSPS) is 18.2. The number of hydrogen-bond acceptors (Lipinski definition) is 3. The van der Waals surface area contributed by atoms with Gasteiger partial charge in [-0.1, -0.05) is 39.9 Å². The van der Waals surface area contributed by atoms with Gasteiger partial charge in [0.25, 0.3) is 5.91 Å². The van der Waals surface area contributed by atoms with Gasteiger partial charge in [0, 0.05) is 15.6 Å². The number of hydrogen-bond donors (Lipinski definition) is 0. The van der Waals surface area contributed by atoms with Crippen molar-refractivity contribution >= 4 is 56.2 Å². The zero-order valence-electron chi connectivity index (χ0n) is 11.2. The van der Waals surface area contributed by atoms with E-state index in [0.29, 0.717) is 14.8 Å². The molecule has 0 N–H and O–H groups in total. The lowest BCUT2D eigenvalue weighted by atomic mass is 10.1. The second-order valence-electron chi connectivity index (χ2n) is 5.35. The van der Waals surface area contributed by atoms with Crippen LogP contribution in [0.5, 0.6) is 0 Å². The minimum absolute atomic E-state index is 0.174. The summed E-state index contributed by atoms with van der Waals surface area (Å²) in [6.45, 7) is 5.75. The van der Waals surface area contributed by atoms with Crippen molar-refractivity contribution in [3.63, 3.8) is 0 Å². The summed E-state index contributed by atoms with van der Waals surface area (Å²) in [6, 6.07) is 4.62. The second-order valence-corrected chi connectivity index (χ2v) is 7.95. The Bertz CT molecular complexity index is 622. The highest BCUT2D eigenvalue weighted by atomic mass is 79.9. The van der Waals surface area contributed by atoms with Crippen LogP contribution in [0.25, 0.3) is 6.08 Å². The fourth-order valence-electron chi connectivity index (χ4n) is 1.81. The molecule has 1 heterocycles. The van der Waals surface area contributed by atoms with Gasteiger partial charge in [-0.2, -0.15) is 0 Å². The van der Waals surface area contributed by atoms with Crippen molar-refractivity contribution in [2.45, 2.75) is 26.3 Å². The third kappa shape index (κ3) is 3.13. The van der Waals surface area contributed by atoms with Gasteiger partial charge in [0.05, 0.1) is 4.91 Å². The van der Waals surface area contributed by atoms with Crippen molar-refractivity contribution < 1.29 is 9.18 Å². The second kappa shape index (κ2) is 5.58. The van der Waals surface area contributed by atoms with Gasteiger partial charge in [-0.15, -0.1) is 0 Å². The molecule has 0 aliphatic carbocycles. The van der Waals surface area contributed by atoms with Crippen LogP contribution in [0, 0.1) is 5.82 Å². The molecule has 0 bridgehead atoms. The highest BCUT2D eigenvalue weighted by Crippen LogP contribution is 2.37. The van der Waals surface area contributed by atoms with E-state index in [0.717, 1.165) is 4.47 Å². The Balaban J connectivity index is 2.40. The van der Waals surface area contributed by atoms with Crippen molar-refractivity contribution in [2.24, 2.45) is 0 Å². The molecule has 0 spiro atoms. The molecule has 0 aromatic heterocycles. The third-order valence-electron chi connectivity index (χ3n) is 2.71. The van der Waals surface area contributed by atoms with Gasteiger partial charge in [-0.25, -0.2) is 4.39 Å². The minimum Gasteiger partial charge on any atom is -0.288 e. The lowest BCUT2D eigenvalue weighted by molar-refractivity contribution is -0.125. The van der Waals surface area contributed by atoms with Gasteiger partial charge >= 0.3 is 0 Å². The summed E-state index contributed by atoms with van der Waals surface area (Å²) in [5.41, 5.74) is -0.0131. The largest absolute Gasteiger partial charge is 0.288 e. The van der Waals surface area contributed by atoms with E-state index in [1.165, 1.54) is 17.8 Å². The molecular formula is C14H13BrFNOS2. The van der Waals surface area contributed by atoms with Gasteiger partial charge in [0.15, 0.2) is 0 Å². The minimum atomic E-state index is -0.382. The number of carbonyl (C=O) groups is 1. The lowest BCUT2D eigenvalue weighted by Crippen LogP contribution is -2.44. The summed E-state index contributed by atoms with van der Waals surface area (Å²) in [4.78, 5) is 14.4. The van der Waals surface area contributed by atoms with E-state index in [4.69, 9.17) is 12.2 Å². The predicted molar refractivity (Wildman–Crippen MR) is 88.9 cm³/mol. The Morgan fingerprint density at radius 1 is 1.40 bits per heavy atom. The predicted octanol–water partition coefficient (Wildman–Crippen LogP) is 4.59. The molecule has 6 heteroatoms. The van der Waals surface area contributed by atoms with Crippen LogP contribution in [-0.4, -0.2) is 20.7 Å². The van der Waals surface area contributed by atoms with Crippen molar-refractivity contribution in [1.82, 2.24) is 4.90 Å². The molecule has 1 fully saturated rings. The van der Waals surface area contributed by atoms with Crippen LogP contribution in [0.1, 0.15) is 26.3 Å². The SMILES string of the molecule is CC(C)(C)N1C(=O)/C(=C\c2cc(Br)ccc2F)SC1=S. The van der Waals surface area contributed by atoms with E-state index in [9.17, 15) is 9.18 Å². The van der Waals surface area contributed by atoms with E-state index in [1.807, 2.05) is 20.8 Å². The van der Waals surface area contributed by atoms with Crippen LogP contribution in [0.3, 0.4) is 0 Å². The highest BCUT2D eigenvalue weighted by Gasteiger charge is 2.39. The number of carbonyl (C=O) groups excluding carboxylic acids is 1. The van der Waals surface area contributed by atoms with Crippen molar-refractivity contribution in [2.75, 3.05) is 0 Å². The molecule has 0 saturated carbocycles. The molecule has 2 rings (SSSR count). The Labute approximate surface area is 135 Å². The Morgan fingerprint density at radius 2 is 2.05 bits per heavy atom. The van der Waals surface area contributed by atoms with E-state index in [-0.39, 0.29) is 17.3 Å². The molecule has 1 aromatic rings.